The highest BCUT2D eigenvalue weighted by atomic mass is 16.5. The van der Waals surface area contributed by atoms with Crippen molar-refractivity contribution >= 4 is 5.96 Å². The molecule has 2 N–H and O–H groups in total. The van der Waals surface area contributed by atoms with Crippen LogP contribution in [0.4, 0.5) is 0 Å². The second-order valence-electron chi connectivity index (χ2n) is 5.53. The quantitative estimate of drug-likeness (QED) is 0.395. The Bertz CT molecular complexity index is 475. The van der Waals surface area contributed by atoms with Crippen LogP contribution >= 0.6 is 0 Å². The monoisotopic (exact) mass is 321 g/mol. The number of guanidine groups is 1. The van der Waals surface area contributed by atoms with Crippen LogP contribution in [0.5, 0.6) is 5.75 Å². The van der Waals surface area contributed by atoms with E-state index >= 15 is 0 Å². The van der Waals surface area contributed by atoms with Crippen LogP contribution in [0.15, 0.2) is 23.2 Å². The lowest BCUT2D eigenvalue weighted by molar-refractivity contribution is 0.129. The average Bonchev–Trinajstić information content (AvgIpc) is 2.56. The molecule has 1 aromatic carbocycles. The third kappa shape index (κ3) is 8.45. The predicted molar refractivity (Wildman–Crippen MR) is 96.3 cm³/mol. The smallest absolute Gasteiger partial charge is 0.191 e. The molecule has 0 unspecified atom stereocenters. The number of unbranched alkanes of at least 4 members (excludes halogenated alkanes) is 1. The van der Waals surface area contributed by atoms with Crippen molar-refractivity contribution in [2.24, 2.45) is 4.99 Å². The van der Waals surface area contributed by atoms with E-state index in [0.717, 1.165) is 44.3 Å². The molecular weight excluding hydrogens is 290 g/mol. The highest BCUT2D eigenvalue weighted by Gasteiger charge is 2.01. The Morgan fingerprint density at radius 3 is 2.61 bits per heavy atom. The molecular formula is C18H31N3O2. The van der Waals surface area contributed by atoms with Gasteiger partial charge in [-0.1, -0.05) is 19.4 Å². The van der Waals surface area contributed by atoms with Crippen LogP contribution in [0.25, 0.3) is 0 Å². The summed E-state index contributed by atoms with van der Waals surface area (Å²) in [7, 11) is 3.47. The fourth-order valence-corrected chi connectivity index (χ4v) is 2.18. The second-order valence-corrected chi connectivity index (χ2v) is 5.53. The molecule has 0 bridgehead atoms. The Balaban J connectivity index is 2.27. The minimum Gasteiger partial charge on any atom is -0.497 e. The standard InChI is InChI=1S/C18H31N3O2/c1-5-6-9-23-10-7-8-20-18(19-3)21-14-16-11-15(2)12-17(13-16)22-4/h11-13H,5-10,14H2,1-4H3,(H2,19,20,21). The van der Waals surface area contributed by atoms with Gasteiger partial charge in [0.05, 0.1) is 7.11 Å². The lowest BCUT2D eigenvalue weighted by Gasteiger charge is -2.13. The molecule has 5 nitrogen and oxygen atoms in total. The summed E-state index contributed by atoms with van der Waals surface area (Å²) in [6, 6.07) is 6.20. The number of methoxy groups -OCH3 is 1. The molecule has 23 heavy (non-hydrogen) atoms. The summed E-state index contributed by atoms with van der Waals surface area (Å²) in [5.74, 6) is 1.69. The molecule has 5 heteroatoms. The SMILES string of the molecule is CCCCOCCCNC(=NC)NCc1cc(C)cc(OC)c1. The maximum absolute atomic E-state index is 5.54. The van der Waals surface area contributed by atoms with Gasteiger partial charge in [-0.3, -0.25) is 4.99 Å². The van der Waals surface area contributed by atoms with Crippen molar-refractivity contribution in [3.63, 3.8) is 0 Å². The fourth-order valence-electron chi connectivity index (χ4n) is 2.18. The van der Waals surface area contributed by atoms with Crippen molar-refractivity contribution in [1.29, 1.82) is 0 Å². The molecule has 0 saturated carbocycles. The Hall–Kier alpha value is -1.75. The van der Waals surface area contributed by atoms with Crippen molar-refractivity contribution in [2.45, 2.75) is 39.7 Å². The molecule has 0 fully saturated rings. The molecule has 0 saturated heterocycles. The minimum absolute atomic E-state index is 0.713. The van der Waals surface area contributed by atoms with E-state index in [0.29, 0.717) is 6.54 Å². The minimum atomic E-state index is 0.713. The van der Waals surface area contributed by atoms with Crippen LogP contribution < -0.4 is 15.4 Å². The molecule has 0 aliphatic rings. The van der Waals surface area contributed by atoms with Crippen molar-refractivity contribution in [2.75, 3.05) is 33.9 Å². The van der Waals surface area contributed by atoms with E-state index in [-0.39, 0.29) is 0 Å². The first-order chi connectivity index (χ1) is 11.2. The molecule has 0 amide bonds. The molecule has 130 valence electrons. The third-order valence-electron chi connectivity index (χ3n) is 3.43. The van der Waals surface area contributed by atoms with Crippen molar-refractivity contribution in [3.05, 3.63) is 29.3 Å². The summed E-state index contributed by atoms with van der Waals surface area (Å²) >= 11 is 0. The van der Waals surface area contributed by atoms with Crippen LogP contribution in [0.3, 0.4) is 0 Å². The third-order valence-corrected chi connectivity index (χ3v) is 3.43. The topological polar surface area (TPSA) is 54.9 Å². The number of ether oxygens (including phenoxy) is 2. The van der Waals surface area contributed by atoms with Gasteiger partial charge in [0.1, 0.15) is 5.75 Å². The van der Waals surface area contributed by atoms with E-state index in [1.54, 1.807) is 14.2 Å². The number of aryl methyl sites for hydroxylation is 1. The summed E-state index contributed by atoms with van der Waals surface area (Å²) in [6.45, 7) is 7.45. The van der Waals surface area contributed by atoms with Gasteiger partial charge in [-0.25, -0.2) is 0 Å². The molecule has 0 radical (unpaired) electrons. The van der Waals surface area contributed by atoms with Crippen LogP contribution in [-0.2, 0) is 11.3 Å². The zero-order valence-corrected chi connectivity index (χ0v) is 14.9. The largest absolute Gasteiger partial charge is 0.497 e. The Kier molecular flexibility index (Phi) is 9.87. The fraction of sp³-hybridized carbons (Fsp3) is 0.611. The average molecular weight is 321 g/mol. The zero-order chi connectivity index (χ0) is 16.9. The highest BCUT2D eigenvalue weighted by molar-refractivity contribution is 5.79. The van der Waals surface area contributed by atoms with E-state index in [1.807, 2.05) is 12.1 Å². The number of benzene rings is 1. The van der Waals surface area contributed by atoms with Gasteiger partial charge in [-0.05, 0) is 43.0 Å². The number of hydrogen-bond donors (Lipinski definition) is 2. The highest BCUT2D eigenvalue weighted by Crippen LogP contribution is 2.16. The number of rotatable bonds is 10. The first-order valence-corrected chi connectivity index (χ1v) is 8.36. The summed E-state index contributed by atoms with van der Waals surface area (Å²) in [6.07, 6.45) is 3.29. The summed E-state index contributed by atoms with van der Waals surface area (Å²) in [4.78, 5) is 4.24. The zero-order valence-electron chi connectivity index (χ0n) is 14.9. The maximum Gasteiger partial charge on any atom is 0.191 e. The molecule has 0 aliphatic heterocycles. The van der Waals surface area contributed by atoms with Gasteiger partial charge in [-0.15, -0.1) is 0 Å². The maximum atomic E-state index is 5.54. The number of hydrogen-bond acceptors (Lipinski definition) is 3. The normalized spacial score (nSPS) is 11.4. The summed E-state index contributed by atoms with van der Waals surface area (Å²) in [5.41, 5.74) is 2.36. The van der Waals surface area contributed by atoms with Crippen LogP contribution in [0, 0.1) is 6.92 Å². The van der Waals surface area contributed by atoms with Crippen LogP contribution in [0.1, 0.15) is 37.3 Å². The summed E-state index contributed by atoms with van der Waals surface area (Å²) in [5, 5.41) is 6.62. The van der Waals surface area contributed by atoms with E-state index in [1.165, 1.54) is 17.5 Å². The molecule has 1 aromatic rings. The molecule has 0 spiro atoms. The number of nitrogens with zero attached hydrogens (tertiary/aromatic N) is 1. The van der Waals surface area contributed by atoms with Crippen molar-refractivity contribution < 1.29 is 9.47 Å². The van der Waals surface area contributed by atoms with Gasteiger partial charge in [-0.2, -0.15) is 0 Å². The lowest BCUT2D eigenvalue weighted by atomic mass is 10.1. The molecule has 0 atom stereocenters. The van der Waals surface area contributed by atoms with E-state index in [4.69, 9.17) is 9.47 Å². The van der Waals surface area contributed by atoms with E-state index < -0.39 is 0 Å². The van der Waals surface area contributed by atoms with Crippen LogP contribution in [-0.4, -0.2) is 39.9 Å². The Morgan fingerprint density at radius 2 is 1.91 bits per heavy atom. The van der Waals surface area contributed by atoms with Gasteiger partial charge in [0.25, 0.3) is 0 Å². The molecule has 0 heterocycles. The Morgan fingerprint density at radius 1 is 1.13 bits per heavy atom. The number of aliphatic imine (C=N–C) groups is 1. The van der Waals surface area contributed by atoms with Crippen molar-refractivity contribution in [1.82, 2.24) is 10.6 Å². The van der Waals surface area contributed by atoms with E-state index in [9.17, 15) is 0 Å². The Labute approximate surface area is 140 Å². The van der Waals surface area contributed by atoms with Crippen molar-refractivity contribution in [3.8, 4) is 5.75 Å². The molecule has 0 aromatic heterocycles. The van der Waals surface area contributed by atoms with Gasteiger partial charge < -0.3 is 20.1 Å². The lowest BCUT2D eigenvalue weighted by Crippen LogP contribution is -2.37. The van der Waals surface area contributed by atoms with E-state index in [2.05, 4.69) is 35.5 Å². The van der Waals surface area contributed by atoms with Crippen LogP contribution in [0.2, 0.25) is 0 Å². The first kappa shape index (κ1) is 19.3. The molecule has 1 rings (SSSR count). The first-order valence-electron chi connectivity index (χ1n) is 8.36. The molecule has 0 aliphatic carbocycles. The predicted octanol–water partition coefficient (Wildman–Crippen LogP) is 2.88. The van der Waals surface area contributed by atoms with Gasteiger partial charge in [0.2, 0.25) is 0 Å². The summed E-state index contributed by atoms with van der Waals surface area (Å²) < 4.78 is 10.8. The second kappa shape index (κ2) is 11.8. The van der Waals surface area contributed by atoms with Gasteiger partial charge in [0.15, 0.2) is 5.96 Å². The van der Waals surface area contributed by atoms with Gasteiger partial charge >= 0.3 is 0 Å². The number of nitrogens with one attached hydrogen (secondary N) is 2. The van der Waals surface area contributed by atoms with Gasteiger partial charge in [0, 0.05) is 33.4 Å².